The molecule has 4 heteroatoms. The average Bonchev–Trinajstić information content (AvgIpc) is 3.10. The van der Waals surface area contributed by atoms with Gasteiger partial charge in [0.05, 0.1) is 0 Å². The predicted molar refractivity (Wildman–Crippen MR) is 71.7 cm³/mol. The van der Waals surface area contributed by atoms with Crippen molar-refractivity contribution < 1.29 is 0 Å². The summed E-state index contributed by atoms with van der Waals surface area (Å²) in [7, 11) is 0. The van der Waals surface area contributed by atoms with E-state index in [0.29, 0.717) is 5.15 Å². The van der Waals surface area contributed by atoms with Gasteiger partial charge < -0.3 is 4.90 Å². The molecule has 1 saturated carbocycles. The van der Waals surface area contributed by atoms with Gasteiger partial charge in [0, 0.05) is 13.1 Å². The van der Waals surface area contributed by atoms with Gasteiger partial charge in [-0.25, -0.2) is 0 Å². The molecule has 17 heavy (non-hydrogen) atoms. The van der Waals surface area contributed by atoms with Gasteiger partial charge in [0.25, 0.3) is 0 Å². The van der Waals surface area contributed by atoms with Gasteiger partial charge in [-0.05, 0) is 50.2 Å². The van der Waals surface area contributed by atoms with E-state index in [1.165, 1.54) is 18.4 Å². The van der Waals surface area contributed by atoms with Crippen molar-refractivity contribution >= 4 is 17.4 Å². The first-order valence-electron chi connectivity index (χ1n) is 6.37. The topological polar surface area (TPSA) is 29.0 Å². The summed E-state index contributed by atoms with van der Waals surface area (Å²) in [6, 6.07) is 0. The molecular weight excluding hydrogens is 234 g/mol. The summed E-state index contributed by atoms with van der Waals surface area (Å²) in [5.41, 5.74) is 2.22. The first kappa shape index (κ1) is 12.6. The first-order chi connectivity index (χ1) is 8.13. The molecular formula is C13H20ClN3. The van der Waals surface area contributed by atoms with Crippen molar-refractivity contribution in [3.05, 3.63) is 16.3 Å². The van der Waals surface area contributed by atoms with E-state index in [-0.39, 0.29) is 0 Å². The van der Waals surface area contributed by atoms with Crippen LogP contribution in [0.25, 0.3) is 0 Å². The first-order valence-corrected chi connectivity index (χ1v) is 6.75. The molecule has 0 amide bonds. The monoisotopic (exact) mass is 253 g/mol. The molecule has 1 aliphatic carbocycles. The van der Waals surface area contributed by atoms with Crippen molar-refractivity contribution in [2.75, 3.05) is 18.0 Å². The molecule has 94 valence electrons. The smallest absolute Gasteiger partial charge is 0.155 e. The van der Waals surface area contributed by atoms with Gasteiger partial charge in [-0.3, -0.25) is 0 Å². The molecule has 3 nitrogen and oxygen atoms in total. The maximum Gasteiger partial charge on any atom is 0.155 e. The molecule has 0 aliphatic heterocycles. The molecule has 0 radical (unpaired) electrons. The van der Waals surface area contributed by atoms with E-state index in [4.69, 9.17) is 11.6 Å². The zero-order chi connectivity index (χ0) is 12.4. The number of hydrogen-bond donors (Lipinski definition) is 0. The van der Waals surface area contributed by atoms with E-state index in [9.17, 15) is 0 Å². The minimum absolute atomic E-state index is 0.522. The zero-order valence-electron chi connectivity index (χ0n) is 10.8. The standard InChI is InChI=1S/C13H20ClN3/c1-4-7-17(8-11-5-6-11)13-10(3)9(2)12(14)15-16-13/h11H,4-8H2,1-3H3. The second-order valence-corrected chi connectivity index (χ2v) is 5.31. The Morgan fingerprint density at radius 3 is 2.53 bits per heavy atom. The molecule has 1 fully saturated rings. The van der Waals surface area contributed by atoms with Crippen molar-refractivity contribution in [2.45, 2.75) is 40.0 Å². The van der Waals surface area contributed by atoms with Crippen LogP contribution >= 0.6 is 11.6 Å². The Labute approximate surface area is 108 Å². The third kappa shape index (κ3) is 2.89. The number of aromatic nitrogens is 2. The summed E-state index contributed by atoms with van der Waals surface area (Å²) in [6.45, 7) is 8.46. The summed E-state index contributed by atoms with van der Waals surface area (Å²) in [5.74, 6) is 1.87. The van der Waals surface area contributed by atoms with Crippen LogP contribution in [0.4, 0.5) is 5.82 Å². The van der Waals surface area contributed by atoms with Gasteiger partial charge in [-0.2, -0.15) is 0 Å². The molecule has 1 aromatic rings. The second kappa shape index (κ2) is 5.21. The number of hydrogen-bond acceptors (Lipinski definition) is 3. The number of halogens is 1. The molecule has 0 unspecified atom stereocenters. The molecule has 1 heterocycles. The van der Waals surface area contributed by atoms with Gasteiger partial charge in [-0.1, -0.05) is 18.5 Å². The van der Waals surface area contributed by atoms with Crippen LogP contribution in [-0.4, -0.2) is 23.3 Å². The Kier molecular flexibility index (Phi) is 3.87. The molecule has 1 aromatic heterocycles. The van der Waals surface area contributed by atoms with Crippen LogP contribution in [0.5, 0.6) is 0 Å². The van der Waals surface area contributed by atoms with Crippen molar-refractivity contribution in [3.8, 4) is 0 Å². The molecule has 0 aromatic carbocycles. The van der Waals surface area contributed by atoms with Crippen molar-refractivity contribution in [2.24, 2.45) is 5.92 Å². The maximum absolute atomic E-state index is 5.99. The quantitative estimate of drug-likeness (QED) is 0.806. The summed E-state index contributed by atoms with van der Waals surface area (Å²) in [4.78, 5) is 2.36. The third-order valence-electron chi connectivity index (χ3n) is 3.41. The Morgan fingerprint density at radius 2 is 1.94 bits per heavy atom. The van der Waals surface area contributed by atoms with E-state index in [1.54, 1.807) is 0 Å². The molecule has 0 atom stereocenters. The summed E-state index contributed by atoms with van der Waals surface area (Å²) in [6.07, 6.45) is 3.86. The Bertz CT molecular complexity index is 402. The highest BCUT2D eigenvalue weighted by Gasteiger charge is 2.26. The summed E-state index contributed by atoms with van der Waals surface area (Å²) in [5, 5.41) is 8.85. The lowest BCUT2D eigenvalue weighted by atomic mass is 10.2. The molecule has 1 aliphatic rings. The Hall–Kier alpha value is -0.830. The SMILES string of the molecule is CCCN(CC1CC1)c1nnc(Cl)c(C)c1C. The van der Waals surface area contributed by atoms with Crippen LogP contribution in [0.15, 0.2) is 0 Å². The highest BCUT2D eigenvalue weighted by Crippen LogP contribution is 2.32. The second-order valence-electron chi connectivity index (χ2n) is 4.95. The van der Waals surface area contributed by atoms with Gasteiger partial charge in [0.15, 0.2) is 11.0 Å². The number of nitrogens with zero attached hydrogens (tertiary/aromatic N) is 3. The largest absolute Gasteiger partial charge is 0.355 e. The lowest BCUT2D eigenvalue weighted by Crippen LogP contribution is -2.28. The van der Waals surface area contributed by atoms with E-state index in [2.05, 4.69) is 28.9 Å². The Morgan fingerprint density at radius 1 is 1.24 bits per heavy atom. The number of anilines is 1. The average molecular weight is 254 g/mol. The van der Waals surface area contributed by atoms with Crippen molar-refractivity contribution in [1.82, 2.24) is 10.2 Å². The lowest BCUT2D eigenvalue weighted by molar-refractivity contribution is 0.689. The molecule has 0 spiro atoms. The third-order valence-corrected chi connectivity index (χ3v) is 3.77. The van der Waals surface area contributed by atoms with Crippen LogP contribution < -0.4 is 4.90 Å². The van der Waals surface area contributed by atoms with E-state index >= 15 is 0 Å². The van der Waals surface area contributed by atoms with Gasteiger partial charge in [0.1, 0.15) is 0 Å². The Balaban J connectivity index is 2.24. The predicted octanol–water partition coefficient (Wildman–Crippen LogP) is 3.37. The van der Waals surface area contributed by atoms with Crippen LogP contribution in [-0.2, 0) is 0 Å². The van der Waals surface area contributed by atoms with Crippen molar-refractivity contribution in [1.29, 1.82) is 0 Å². The van der Waals surface area contributed by atoms with Crippen LogP contribution in [0, 0.1) is 19.8 Å². The molecule has 2 rings (SSSR count). The fourth-order valence-corrected chi connectivity index (χ4v) is 2.21. The number of rotatable bonds is 5. The fourth-order valence-electron chi connectivity index (χ4n) is 2.03. The lowest BCUT2D eigenvalue weighted by Gasteiger charge is -2.24. The molecule has 0 saturated heterocycles. The highest BCUT2D eigenvalue weighted by molar-refractivity contribution is 6.30. The zero-order valence-corrected chi connectivity index (χ0v) is 11.6. The van der Waals surface area contributed by atoms with Crippen LogP contribution in [0.2, 0.25) is 5.15 Å². The minimum Gasteiger partial charge on any atom is -0.355 e. The summed E-state index contributed by atoms with van der Waals surface area (Å²) >= 11 is 5.99. The van der Waals surface area contributed by atoms with Gasteiger partial charge >= 0.3 is 0 Å². The summed E-state index contributed by atoms with van der Waals surface area (Å²) < 4.78 is 0. The van der Waals surface area contributed by atoms with E-state index in [1.807, 2.05) is 6.92 Å². The normalized spacial score (nSPS) is 15.1. The fraction of sp³-hybridized carbons (Fsp3) is 0.692. The maximum atomic E-state index is 5.99. The highest BCUT2D eigenvalue weighted by atomic mass is 35.5. The van der Waals surface area contributed by atoms with Gasteiger partial charge in [-0.15, -0.1) is 10.2 Å². The molecule has 0 N–H and O–H groups in total. The van der Waals surface area contributed by atoms with Crippen LogP contribution in [0.1, 0.15) is 37.3 Å². The van der Waals surface area contributed by atoms with Crippen molar-refractivity contribution in [3.63, 3.8) is 0 Å². The van der Waals surface area contributed by atoms with Crippen LogP contribution in [0.3, 0.4) is 0 Å². The minimum atomic E-state index is 0.522. The van der Waals surface area contributed by atoms with E-state index in [0.717, 1.165) is 36.8 Å². The molecule has 0 bridgehead atoms. The van der Waals surface area contributed by atoms with E-state index < -0.39 is 0 Å². The van der Waals surface area contributed by atoms with Gasteiger partial charge in [0.2, 0.25) is 0 Å².